The summed E-state index contributed by atoms with van der Waals surface area (Å²) in [5.74, 6) is -1.56. The van der Waals surface area contributed by atoms with E-state index in [1.54, 1.807) is 23.1 Å². The Morgan fingerprint density at radius 2 is 1.96 bits per heavy atom. The van der Waals surface area contributed by atoms with Crippen LogP contribution in [0, 0.1) is 11.7 Å². The first kappa shape index (κ1) is 18.7. The first-order valence-corrected chi connectivity index (χ1v) is 9.67. The van der Waals surface area contributed by atoms with E-state index >= 15 is 0 Å². The van der Waals surface area contributed by atoms with Crippen LogP contribution in [-0.4, -0.2) is 57.9 Å². The van der Waals surface area contributed by atoms with Gasteiger partial charge in [-0.3, -0.25) is 14.4 Å². The molecule has 0 spiro atoms. The van der Waals surface area contributed by atoms with Gasteiger partial charge >= 0.3 is 5.97 Å². The maximum Gasteiger partial charge on any atom is 0.306 e. The molecule has 2 amide bonds. The molecule has 2 aliphatic heterocycles. The molecule has 0 radical (unpaired) electrons. The molecule has 1 aromatic carbocycles. The fourth-order valence-corrected chi connectivity index (χ4v) is 4.48. The lowest BCUT2D eigenvalue weighted by molar-refractivity contribution is -0.146. The number of aliphatic carboxylic acids is 1. The second-order valence-corrected chi connectivity index (χ2v) is 7.85. The number of benzene rings is 1. The van der Waals surface area contributed by atoms with Crippen molar-refractivity contribution in [3.05, 3.63) is 35.6 Å². The Hall–Kier alpha value is -2.09. The fraction of sp³-hybridized carbons (Fsp3) is 0.500. The number of piperidine rings is 1. The molecule has 140 valence electrons. The first-order valence-electron chi connectivity index (χ1n) is 8.62. The smallest absolute Gasteiger partial charge is 0.306 e. The molecule has 8 heteroatoms. The second-order valence-electron chi connectivity index (χ2n) is 6.62. The maximum absolute atomic E-state index is 13.8. The van der Waals surface area contributed by atoms with E-state index in [9.17, 15) is 18.8 Å². The third-order valence-corrected chi connectivity index (χ3v) is 6.20. The minimum absolute atomic E-state index is 0.168. The number of hydrogen-bond acceptors (Lipinski definition) is 4. The quantitative estimate of drug-likeness (QED) is 0.822. The molecule has 2 fully saturated rings. The monoisotopic (exact) mass is 380 g/mol. The van der Waals surface area contributed by atoms with Gasteiger partial charge in [0, 0.05) is 18.8 Å². The molecule has 2 unspecified atom stereocenters. The fourth-order valence-electron chi connectivity index (χ4n) is 3.31. The number of hydrogen-bond donors (Lipinski definition) is 2. The Bertz CT molecular complexity index is 706. The standard InChI is InChI=1S/C18H21FN2O4S/c19-13-4-2-1-3-12(13)9-15-16(22)20-14(10-26-15)17(23)21-7-5-11(6-8-21)18(24)25/h1-4,11,14-15H,5-10H2,(H,20,22)(H,24,25). The average molecular weight is 380 g/mol. The van der Waals surface area contributed by atoms with E-state index < -0.39 is 23.2 Å². The van der Waals surface area contributed by atoms with E-state index in [0.29, 0.717) is 37.2 Å². The molecule has 2 N–H and O–H groups in total. The van der Waals surface area contributed by atoms with Gasteiger partial charge < -0.3 is 15.3 Å². The second kappa shape index (κ2) is 8.07. The molecule has 0 bridgehead atoms. The van der Waals surface area contributed by atoms with Crippen molar-refractivity contribution in [1.82, 2.24) is 10.2 Å². The van der Waals surface area contributed by atoms with Crippen molar-refractivity contribution in [3.8, 4) is 0 Å². The van der Waals surface area contributed by atoms with Gasteiger partial charge in [0.1, 0.15) is 11.9 Å². The highest BCUT2D eigenvalue weighted by Gasteiger charge is 2.36. The zero-order valence-corrected chi connectivity index (χ0v) is 15.0. The zero-order valence-electron chi connectivity index (χ0n) is 14.2. The maximum atomic E-state index is 13.8. The Morgan fingerprint density at radius 1 is 1.27 bits per heavy atom. The molecular formula is C18H21FN2O4S. The molecule has 26 heavy (non-hydrogen) atoms. The number of amides is 2. The van der Waals surface area contributed by atoms with Gasteiger partial charge in [-0.15, -0.1) is 11.8 Å². The molecule has 2 aliphatic rings. The minimum Gasteiger partial charge on any atom is -0.481 e. The van der Waals surface area contributed by atoms with Gasteiger partial charge in [-0.05, 0) is 30.9 Å². The van der Waals surface area contributed by atoms with Gasteiger partial charge in [0.05, 0.1) is 11.2 Å². The summed E-state index contributed by atoms with van der Waals surface area (Å²) in [6.07, 6.45) is 1.16. The minimum atomic E-state index is -0.824. The summed E-state index contributed by atoms with van der Waals surface area (Å²) in [6, 6.07) is 5.76. The van der Waals surface area contributed by atoms with Crippen LogP contribution in [0.2, 0.25) is 0 Å². The Kier molecular flexibility index (Phi) is 5.80. The van der Waals surface area contributed by atoms with Crippen molar-refractivity contribution >= 4 is 29.5 Å². The number of likely N-dealkylation sites (tertiary alicyclic amines) is 1. The Labute approximate surface area is 155 Å². The topological polar surface area (TPSA) is 86.7 Å². The molecule has 2 heterocycles. The third kappa shape index (κ3) is 4.17. The number of carbonyl (C=O) groups is 3. The number of carbonyl (C=O) groups excluding carboxylic acids is 2. The zero-order chi connectivity index (χ0) is 18.7. The molecule has 2 saturated heterocycles. The van der Waals surface area contributed by atoms with Crippen molar-refractivity contribution in [2.75, 3.05) is 18.8 Å². The van der Waals surface area contributed by atoms with Gasteiger partial charge in [-0.2, -0.15) is 0 Å². The number of carboxylic acid groups (broad SMARTS) is 1. The van der Waals surface area contributed by atoms with Crippen LogP contribution in [0.1, 0.15) is 18.4 Å². The molecule has 0 saturated carbocycles. The predicted octanol–water partition coefficient (Wildman–Crippen LogP) is 1.29. The Morgan fingerprint density at radius 3 is 2.58 bits per heavy atom. The van der Waals surface area contributed by atoms with Crippen molar-refractivity contribution in [3.63, 3.8) is 0 Å². The van der Waals surface area contributed by atoms with Crippen LogP contribution in [0.3, 0.4) is 0 Å². The molecule has 0 aliphatic carbocycles. The van der Waals surface area contributed by atoms with E-state index in [1.807, 2.05) is 0 Å². The number of nitrogens with one attached hydrogen (secondary N) is 1. The predicted molar refractivity (Wildman–Crippen MR) is 95.2 cm³/mol. The molecule has 0 aromatic heterocycles. The highest BCUT2D eigenvalue weighted by atomic mass is 32.2. The van der Waals surface area contributed by atoms with E-state index in [-0.39, 0.29) is 24.1 Å². The van der Waals surface area contributed by atoms with Gasteiger partial charge in [0.2, 0.25) is 11.8 Å². The first-order chi connectivity index (χ1) is 12.5. The summed E-state index contributed by atoms with van der Waals surface area (Å²) >= 11 is 1.36. The SMILES string of the molecule is O=C(O)C1CCN(C(=O)C2CSC(Cc3ccccc3F)C(=O)N2)CC1. The number of thioether (sulfide) groups is 1. The van der Waals surface area contributed by atoms with Gasteiger partial charge in [0.25, 0.3) is 0 Å². The van der Waals surface area contributed by atoms with E-state index in [1.165, 1.54) is 17.8 Å². The van der Waals surface area contributed by atoms with Crippen molar-refractivity contribution in [2.45, 2.75) is 30.6 Å². The normalized spacial score (nSPS) is 24.2. The number of carboxylic acids is 1. The third-order valence-electron chi connectivity index (χ3n) is 4.89. The van der Waals surface area contributed by atoms with Gasteiger partial charge in [0.15, 0.2) is 0 Å². The van der Waals surface area contributed by atoms with Crippen LogP contribution in [0.4, 0.5) is 4.39 Å². The lowest BCUT2D eigenvalue weighted by atomic mass is 9.96. The van der Waals surface area contributed by atoms with Gasteiger partial charge in [-0.25, -0.2) is 4.39 Å². The van der Waals surface area contributed by atoms with E-state index in [4.69, 9.17) is 5.11 Å². The van der Waals surface area contributed by atoms with Crippen molar-refractivity contribution < 1.29 is 23.9 Å². The van der Waals surface area contributed by atoms with Crippen molar-refractivity contribution in [1.29, 1.82) is 0 Å². The van der Waals surface area contributed by atoms with E-state index in [0.717, 1.165) is 0 Å². The van der Waals surface area contributed by atoms with E-state index in [2.05, 4.69) is 5.32 Å². The number of halogens is 1. The largest absolute Gasteiger partial charge is 0.481 e. The average Bonchev–Trinajstić information content (AvgIpc) is 2.64. The summed E-state index contributed by atoms with van der Waals surface area (Å²) in [4.78, 5) is 37.6. The van der Waals surface area contributed by atoms with Crippen LogP contribution in [-0.2, 0) is 20.8 Å². The van der Waals surface area contributed by atoms with Crippen LogP contribution in [0.25, 0.3) is 0 Å². The molecule has 2 atom stereocenters. The summed E-state index contributed by atoms with van der Waals surface area (Å²) in [7, 11) is 0. The lowest BCUT2D eigenvalue weighted by Crippen LogP contribution is -2.56. The molecular weight excluding hydrogens is 359 g/mol. The molecule has 6 nitrogen and oxygen atoms in total. The molecule has 3 rings (SSSR count). The van der Waals surface area contributed by atoms with Crippen LogP contribution < -0.4 is 5.32 Å². The summed E-state index contributed by atoms with van der Waals surface area (Å²) in [5, 5.41) is 11.4. The summed E-state index contributed by atoms with van der Waals surface area (Å²) in [5.41, 5.74) is 0.487. The highest BCUT2D eigenvalue weighted by Crippen LogP contribution is 2.25. The molecule has 1 aromatic rings. The highest BCUT2D eigenvalue weighted by molar-refractivity contribution is 8.00. The summed E-state index contributed by atoms with van der Waals surface area (Å²) < 4.78 is 13.8. The van der Waals surface area contributed by atoms with Gasteiger partial charge in [-0.1, -0.05) is 18.2 Å². The van der Waals surface area contributed by atoms with Crippen LogP contribution in [0.15, 0.2) is 24.3 Å². The van der Waals surface area contributed by atoms with Crippen LogP contribution >= 0.6 is 11.8 Å². The Balaban J connectivity index is 1.54. The van der Waals surface area contributed by atoms with Crippen LogP contribution in [0.5, 0.6) is 0 Å². The number of nitrogens with zero attached hydrogens (tertiary/aromatic N) is 1. The number of rotatable bonds is 4. The lowest BCUT2D eigenvalue weighted by Gasteiger charge is -2.35. The summed E-state index contributed by atoms with van der Waals surface area (Å²) in [6.45, 7) is 0.789. The van der Waals surface area contributed by atoms with Crippen molar-refractivity contribution in [2.24, 2.45) is 5.92 Å².